The quantitative estimate of drug-likeness (QED) is 0.496. The van der Waals surface area contributed by atoms with Gasteiger partial charge in [0.2, 0.25) is 0 Å². The number of hydrogen-bond donors (Lipinski definition) is 0. The van der Waals surface area contributed by atoms with Gasteiger partial charge >= 0.3 is 0 Å². The fraction of sp³-hybridized carbons (Fsp3) is 0.143. The molecule has 0 saturated heterocycles. The molecule has 0 spiro atoms. The van der Waals surface area contributed by atoms with Crippen molar-refractivity contribution in [2.24, 2.45) is 0 Å². The molecule has 0 bridgehead atoms. The Morgan fingerprint density at radius 2 is 2.00 bits per heavy atom. The van der Waals surface area contributed by atoms with Crippen LogP contribution in [0.25, 0.3) is 0 Å². The van der Waals surface area contributed by atoms with E-state index >= 15 is 0 Å². The molecule has 2 nitrogen and oxygen atoms in total. The van der Waals surface area contributed by atoms with Crippen molar-refractivity contribution in [2.45, 2.75) is 6.92 Å². The van der Waals surface area contributed by atoms with Gasteiger partial charge in [-0.25, -0.2) is 0 Å². The number of rotatable bonds is 0. The molecule has 1 aromatic rings. The van der Waals surface area contributed by atoms with Gasteiger partial charge in [0.1, 0.15) is 19.2 Å². The second-order valence-corrected chi connectivity index (χ2v) is 2.28. The summed E-state index contributed by atoms with van der Waals surface area (Å²) in [5.74, 6) is 1.60. The summed E-state index contributed by atoms with van der Waals surface area (Å²) in [4.78, 5) is 0. The molecule has 0 aromatic heterocycles. The van der Waals surface area contributed by atoms with Crippen LogP contribution in [0.2, 0.25) is 0 Å². The lowest BCUT2D eigenvalue weighted by molar-refractivity contribution is 0.541. The smallest absolute Gasteiger partial charge is 0.138 e. The van der Waals surface area contributed by atoms with Gasteiger partial charge in [0.15, 0.2) is 0 Å². The van der Waals surface area contributed by atoms with Gasteiger partial charge in [-0.15, -0.1) is 0 Å². The highest BCUT2D eigenvalue weighted by Gasteiger charge is 2.02. The largest absolute Gasteiger partial charge is 0.724 e. The Hall–Kier alpha value is -1.12. The highest BCUT2D eigenvalue weighted by molar-refractivity contribution is 6.22. The van der Waals surface area contributed by atoms with Gasteiger partial charge in [-0.2, -0.15) is 0 Å². The number of hydrogen-bond acceptors (Lipinski definition) is 2. The van der Waals surface area contributed by atoms with E-state index in [0.717, 1.165) is 11.5 Å². The van der Waals surface area contributed by atoms with Crippen LogP contribution >= 0.6 is 0 Å². The minimum Gasteiger partial charge on any atom is -0.724 e. The van der Waals surface area contributed by atoms with Crippen LogP contribution in [-0.4, -0.2) is 7.69 Å². The third kappa shape index (κ3) is 0.745. The first kappa shape index (κ1) is 5.65. The van der Waals surface area contributed by atoms with E-state index in [4.69, 9.17) is 9.31 Å². The van der Waals surface area contributed by atoms with Gasteiger partial charge in [-0.05, 0) is 24.6 Å². The van der Waals surface area contributed by atoms with E-state index in [1.807, 2.05) is 25.1 Å². The maximum absolute atomic E-state index is 5.03. The Morgan fingerprint density at radius 3 is 2.90 bits per heavy atom. The lowest BCUT2D eigenvalue weighted by atomic mass is 10.2. The predicted molar refractivity (Wildman–Crippen MR) is 38.2 cm³/mol. The summed E-state index contributed by atoms with van der Waals surface area (Å²) in [7, 11) is 1.34. The minimum atomic E-state index is 0.797. The summed E-state index contributed by atoms with van der Waals surface area (Å²) in [6, 6.07) is 5.83. The molecule has 1 aliphatic rings. The molecule has 0 saturated carbocycles. The van der Waals surface area contributed by atoms with E-state index in [2.05, 4.69) is 0 Å². The molecule has 50 valence electrons. The molecule has 10 heavy (non-hydrogen) atoms. The molecule has 2 rings (SSSR count). The first-order valence-corrected chi connectivity index (χ1v) is 3.12. The SMILES string of the molecule is Cc1ccc2c(c1)O[B-]O2. The third-order valence-corrected chi connectivity index (χ3v) is 1.45. The minimum absolute atomic E-state index is 0.797. The second-order valence-electron chi connectivity index (χ2n) is 2.28. The van der Waals surface area contributed by atoms with Gasteiger partial charge in [0.05, 0.1) is 0 Å². The highest BCUT2D eigenvalue weighted by Crippen LogP contribution is 2.31. The van der Waals surface area contributed by atoms with Crippen molar-refractivity contribution in [3.8, 4) is 11.5 Å². The normalized spacial score (nSPS) is 13.7. The Balaban J connectivity index is 2.52. The third-order valence-electron chi connectivity index (χ3n) is 1.45. The zero-order valence-corrected chi connectivity index (χ0v) is 5.63. The lowest BCUT2D eigenvalue weighted by Gasteiger charge is -2.03. The maximum Gasteiger partial charge on any atom is 0.138 e. The van der Waals surface area contributed by atoms with Crippen molar-refractivity contribution >= 4 is 7.69 Å². The Kier molecular flexibility index (Phi) is 1.10. The fourth-order valence-corrected chi connectivity index (χ4v) is 0.932. The molecule has 3 heteroatoms. The van der Waals surface area contributed by atoms with Gasteiger partial charge in [-0.1, -0.05) is 6.07 Å². The first-order chi connectivity index (χ1) is 4.86. The molecule has 1 heterocycles. The molecular formula is C7H6BO2-. The zero-order chi connectivity index (χ0) is 6.97. The molecule has 1 aliphatic heterocycles. The van der Waals surface area contributed by atoms with Gasteiger partial charge in [0.25, 0.3) is 0 Å². The van der Waals surface area contributed by atoms with Gasteiger partial charge < -0.3 is 9.31 Å². The van der Waals surface area contributed by atoms with Gasteiger partial charge in [-0.3, -0.25) is 0 Å². The lowest BCUT2D eigenvalue weighted by Crippen LogP contribution is -1.99. The maximum atomic E-state index is 5.03. The van der Waals surface area contributed by atoms with E-state index in [-0.39, 0.29) is 0 Å². The highest BCUT2D eigenvalue weighted by atomic mass is 16.6. The molecule has 0 amide bonds. The summed E-state index contributed by atoms with van der Waals surface area (Å²) in [6.07, 6.45) is 0. The summed E-state index contributed by atoms with van der Waals surface area (Å²) in [5.41, 5.74) is 1.18. The Morgan fingerprint density at radius 1 is 1.20 bits per heavy atom. The van der Waals surface area contributed by atoms with Crippen molar-refractivity contribution < 1.29 is 9.31 Å². The van der Waals surface area contributed by atoms with Gasteiger partial charge in [0, 0.05) is 0 Å². The second kappa shape index (κ2) is 1.94. The average Bonchev–Trinajstić information content (AvgIpc) is 2.33. The molecule has 0 fully saturated rings. The van der Waals surface area contributed by atoms with E-state index in [9.17, 15) is 0 Å². The van der Waals surface area contributed by atoms with Crippen LogP contribution in [0.1, 0.15) is 5.56 Å². The van der Waals surface area contributed by atoms with Crippen LogP contribution in [-0.2, 0) is 0 Å². The average molecular weight is 133 g/mol. The first-order valence-electron chi connectivity index (χ1n) is 3.12. The number of benzene rings is 1. The Bertz CT molecular complexity index is 260. The number of fused-ring (bicyclic) bond motifs is 1. The zero-order valence-electron chi connectivity index (χ0n) is 5.63. The van der Waals surface area contributed by atoms with Crippen LogP contribution in [0.4, 0.5) is 0 Å². The molecule has 1 aromatic carbocycles. The van der Waals surface area contributed by atoms with Crippen LogP contribution in [0.5, 0.6) is 11.5 Å². The predicted octanol–water partition coefficient (Wildman–Crippen LogP) is 1.30. The summed E-state index contributed by atoms with van der Waals surface area (Å²) in [6.45, 7) is 2.02. The molecular weight excluding hydrogens is 127 g/mol. The van der Waals surface area contributed by atoms with Crippen molar-refractivity contribution in [1.82, 2.24) is 0 Å². The van der Waals surface area contributed by atoms with Crippen LogP contribution in [0.15, 0.2) is 18.2 Å². The molecule has 2 radical (unpaired) electrons. The van der Waals surface area contributed by atoms with Crippen molar-refractivity contribution in [2.75, 3.05) is 0 Å². The van der Waals surface area contributed by atoms with Crippen LogP contribution < -0.4 is 9.31 Å². The summed E-state index contributed by atoms with van der Waals surface area (Å²) < 4.78 is 10.0. The van der Waals surface area contributed by atoms with Crippen molar-refractivity contribution in [3.05, 3.63) is 23.8 Å². The van der Waals surface area contributed by atoms with Crippen LogP contribution in [0.3, 0.4) is 0 Å². The number of aryl methyl sites for hydroxylation is 1. The van der Waals surface area contributed by atoms with E-state index in [0.29, 0.717) is 0 Å². The topological polar surface area (TPSA) is 18.5 Å². The Labute approximate surface area is 60.1 Å². The standard InChI is InChI=1S/C7H6BO2/c1-5-2-3-6-7(4-5)10-8-9-6/h2-4H,1H3/q-1. The van der Waals surface area contributed by atoms with E-state index in [1.165, 1.54) is 13.2 Å². The fourth-order valence-electron chi connectivity index (χ4n) is 0.932. The van der Waals surface area contributed by atoms with Crippen molar-refractivity contribution in [1.29, 1.82) is 0 Å². The molecule has 0 unspecified atom stereocenters. The summed E-state index contributed by atoms with van der Waals surface area (Å²) in [5, 5.41) is 0. The van der Waals surface area contributed by atoms with Crippen molar-refractivity contribution in [3.63, 3.8) is 0 Å². The molecule has 0 aliphatic carbocycles. The van der Waals surface area contributed by atoms with E-state index < -0.39 is 0 Å². The monoisotopic (exact) mass is 133 g/mol. The van der Waals surface area contributed by atoms with Crippen LogP contribution in [0, 0.1) is 6.92 Å². The van der Waals surface area contributed by atoms with E-state index in [1.54, 1.807) is 0 Å². The molecule has 0 N–H and O–H groups in total. The molecule has 0 atom stereocenters. The summed E-state index contributed by atoms with van der Waals surface area (Å²) >= 11 is 0.